The normalized spacial score (nSPS) is 11.1. The Kier molecular flexibility index (Phi) is 4.46. The Balaban J connectivity index is 2.13. The van der Waals surface area contributed by atoms with Gasteiger partial charge in [-0.1, -0.05) is 13.8 Å². The van der Waals surface area contributed by atoms with Gasteiger partial charge in [0.05, 0.1) is 0 Å². The average molecular weight is 197 g/mol. The van der Waals surface area contributed by atoms with E-state index >= 15 is 0 Å². The molecule has 0 bridgehead atoms. The van der Waals surface area contributed by atoms with E-state index in [2.05, 4.69) is 38.2 Å². The van der Waals surface area contributed by atoms with Gasteiger partial charge >= 0.3 is 0 Å². The minimum atomic E-state index is 0.616. The van der Waals surface area contributed by atoms with Gasteiger partial charge in [0, 0.05) is 15.8 Å². The number of aryl methyl sites for hydroxylation is 2. The second-order valence-electron chi connectivity index (χ2n) is 3.72. The van der Waals surface area contributed by atoms with Gasteiger partial charge < -0.3 is 5.32 Å². The van der Waals surface area contributed by atoms with Crippen LogP contribution in [0.3, 0.4) is 0 Å². The zero-order chi connectivity index (χ0) is 9.68. The van der Waals surface area contributed by atoms with Crippen LogP contribution in [0.1, 0.15) is 30.0 Å². The summed E-state index contributed by atoms with van der Waals surface area (Å²) >= 11 is 1.92. The maximum atomic E-state index is 3.43. The van der Waals surface area contributed by atoms with Crippen LogP contribution in [-0.2, 0) is 6.42 Å². The van der Waals surface area contributed by atoms with E-state index < -0.39 is 0 Å². The van der Waals surface area contributed by atoms with E-state index in [9.17, 15) is 0 Å². The standard InChI is InChI=1S/C11H19NS/c1-9(2)12-8-4-5-11-7-6-10(3)13-11/h6-7,9,12H,4-5,8H2,1-3H3. The van der Waals surface area contributed by atoms with Crippen LogP contribution in [-0.4, -0.2) is 12.6 Å². The predicted molar refractivity (Wildman–Crippen MR) is 60.5 cm³/mol. The molecule has 1 aromatic heterocycles. The van der Waals surface area contributed by atoms with Crippen LogP contribution < -0.4 is 5.32 Å². The number of rotatable bonds is 5. The summed E-state index contributed by atoms with van der Waals surface area (Å²) in [4.78, 5) is 2.94. The molecule has 0 unspecified atom stereocenters. The first kappa shape index (κ1) is 10.7. The lowest BCUT2D eigenvalue weighted by Gasteiger charge is -2.06. The number of nitrogens with one attached hydrogen (secondary N) is 1. The van der Waals surface area contributed by atoms with Gasteiger partial charge in [0.1, 0.15) is 0 Å². The van der Waals surface area contributed by atoms with Crippen molar-refractivity contribution in [3.05, 3.63) is 21.9 Å². The molecule has 13 heavy (non-hydrogen) atoms. The molecule has 1 aromatic rings. The molecular weight excluding hydrogens is 178 g/mol. The van der Waals surface area contributed by atoms with Crippen LogP contribution in [0.2, 0.25) is 0 Å². The van der Waals surface area contributed by atoms with Crippen molar-refractivity contribution in [3.63, 3.8) is 0 Å². The Morgan fingerprint density at radius 2 is 2.15 bits per heavy atom. The molecule has 0 saturated carbocycles. The van der Waals surface area contributed by atoms with Gasteiger partial charge in [0.25, 0.3) is 0 Å². The fraction of sp³-hybridized carbons (Fsp3) is 0.636. The van der Waals surface area contributed by atoms with Gasteiger partial charge in [-0.3, -0.25) is 0 Å². The second-order valence-corrected chi connectivity index (χ2v) is 5.10. The van der Waals surface area contributed by atoms with Crippen LogP contribution in [0.15, 0.2) is 12.1 Å². The van der Waals surface area contributed by atoms with E-state index in [-0.39, 0.29) is 0 Å². The highest BCUT2D eigenvalue weighted by Gasteiger charge is 1.97. The fourth-order valence-corrected chi connectivity index (χ4v) is 2.20. The molecule has 1 N–H and O–H groups in total. The van der Waals surface area contributed by atoms with E-state index in [1.54, 1.807) is 0 Å². The molecule has 2 heteroatoms. The molecule has 0 aliphatic rings. The van der Waals surface area contributed by atoms with Gasteiger partial charge in [0.15, 0.2) is 0 Å². The number of hydrogen-bond donors (Lipinski definition) is 1. The van der Waals surface area contributed by atoms with Crippen molar-refractivity contribution in [1.29, 1.82) is 0 Å². The monoisotopic (exact) mass is 197 g/mol. The van der Waals surface area contributed by atoms with Gasteiger partial charge in [-0.15, -0.1) is 11.3 Å². The second kappa shape index (κ2) is 5.40. The third kappa shape index (κ3) is 4.44. The zero-order valence-corrected chi connectivity index (χ0v) is 9.58. The highest BCUT2D eigenvalue weighted by atomic mass is 32.1. The van der Waals surface area contributed by atoms with Crippen LogP contribution in [0.25, 0.3) is 0 Å². The fourth-order valence-electron chi connectivity index (χ4n) is 1.27. The van der Waals surface area contributed by atoms with Crippen LogP contribution in [0, 0.1) is 6.92 Å². The van der Waals surface area contributed by atoms with Crippen molar-refractivity contribution in [2.75, 3.05) is 6.54 Å². The lowest BCUT2D eigenvalue weighted by atomic mass is 10.2. The maximum Gasteiger partial charge on any atom is 0.00485 e. The highest BCUT2D eigenvalue weighted by molar-refractivity contribution is 7.11. The van der Waals surface area contributed by atoms with Crippen molar-refractivity contribution in [2.24, 2.45) is 0 Å². The summed E-state index contributed by atoms with van der Waals surface area (Å²) in [5.74, 6) is 0. The summed E-state index contributed by atoms with van der Waals surface area (Å²) < 4.78 is 0. The highest BCUT2D eigenvalue weighted by Crippen LogP contribution is 2.16. The maximum absolute atomic E-state index is 3.43. The third-order valence-corrected chi connectivity index (χ3v) is 3.01. The molecular formula is C11H19NS. The van der Waals surface area contributed by atoms with Gasteiger partial charge in [-0.2, -0.15) is 0 Å². The van der Waals surface area contributed by atoms with Crippen molar-refractivity contribution in [2.45, 2.75) is 39.7 Å². The molecule has 0 aromatic carbocycles. The Hall–Kier alpha value is -0.340. The van der Waals surface area contributed by atoms with Crippen molar-refractivity contribution in [3.8, 4) is 0 Å². The molecule has 1 rings (SSSR count). The summed E-state index contributed by atoms with van der Waals surface area (Å²) in [6.07, 6.45) is 2.47. The molecule has 0 amide bonds. The Bertz CT molecular complexity index is 240. The first-order chi connectivity index (χ1) is 6.18. The van der Waals surface area contributed by atoms with E-state index in [1.807, 2.05) is 11.3 Å². The SMILES string of the molecule is Cc1ccc(CCCNC(C)C)s1. The van der Waals surface area contributed by atoms with Crippen molar-refractivity contribution >= 4 is 11.3 Å². The summed E-state index contributed by atoms with van der Waals surface area (Å²) in [5, 5.41) is 3.43. The molecule has 0 atom stereocenters. The van der Waals surface area contributed by atoms with Gasteiger partial charge in [-0.25, -0.2) is 0 Å². The van der Waals surface area contributed by atoms with Crippen LogP contribution in [0.4, 0.5) is 0 Å². The summed E-state index contributed by atoms with van der Waals surface area (Å²) in [6, 6.07) is 5.07. The Morgan fingerprint density at radius 1 is 1.38 bits per heavy atom. The molecule has 0 aliphatic carbocycles. The van der Waals surface area contributed by atoms with E-state index in [4.69, 9.17) is 0 Å². The van der Waals surface area contributed by atoms with Gasteiger partial charge in [0.2, 0.25) is 0 Å². The van der Waals surface area contributed by atoms with Crippen LogP contribution >= 0.6 is 11.3 Å². The quantitative estimate of drug-likeness (QED) is 0.716. The smallest absolute Gasteiger partial charge is 0.00485 e. The predicted octanol–water partition coefficient (Wildman–Crippen LogP) is 2.99. The molecule has 0 aliphatic heterocycles. The lowest BCUT2D eigenvalue weighted by molar-refractivity contribution is 0.571. The minimum Gasteiger partial charge on any atom is -0.315 e. The molecule has 0 saturated heterocycles. The molecule has 0 radical (unpaired) electrons. The van der Waals surface area contributed by atoms with Gasteiger partial charge in [-0.05, 0) is 38.4 Å². The average Bonchev–Trinajstić information content (AvgIpc) is 2.45. The Morgan fingerprint density at radius 3 is 2.69 bits per heavy atom. The zero-order valence-electron chi connectivity index (χ0n) is 8.76. The lowest BCUT2D eigenvalue weighted by Crippen LogP contribution is -2.23. The molecule has 1 heterocycles. The number of thiophene rings is 1. The van der Waals surface area contributed by atoms with E-state index in [1.165, 1.54) is 22.6 Å². The first-order valence-electron chi connectivity index (χ1n) is 4.97. The van der Waals surface area contributed by atoms with Crippen molar-refractivity contribution in [1.82, 2.24) is 5.32 Å². The molecule has 0 fully saturated rings. The van der Waals surface area contributed by atoms with E-state index in [0.717, 1.165) is 6.54 Å². The van der Waals surface area contributed by atoms with Crippen LogP contribution in [0.5, 0.6) is 0 Å². The number of hydrogen-bond acceptors (Lipinski definition) is 2. The molecule has 1 nitrogen and oxygen atoms in total. The Labute approximate surface area is 85.2 Å². The topological polar surface area (TPSA) is 12.0 Å². The molecule has 0 spiro atoms. The largest absolute Gasteiger partial charge is 0.315 e. The summed E-state index contributed by atoms with van der Waals surface area (Å²) in [7, 11) is 0. The summed E-state index contributed by atoms with van der Waals surface area (Å²) in [6.45, 7) is 7.68. The summed E-state index contributed by atoms with van der Waals surface area (Å²) in [5.41, 5.74) is 0. The van der Waals surface area contributed by atoms with Crippen molar-refractivity contribution < 1.29 is 0 Å². The minimum absolute atomic E-state index is 0.616. The van der Waals surface area contributed by atoms with E-state index in [0.29, 0.717) is 6.04 Å². The molecule has 74 valence electrons. The third-order valence-electron chi connectivity index (χ3n) is 1.95. The first-order valence-corrected chi connectivity index (χ1v) is 5.79.